The Morgan fingerprint density at radius 3 is 2.21 bits per heavy atom. The van der Waals surface area contributed by atoms with E-state index in [4.69, 9.17) is 0 Å². The second kappa shape index (κ2) is 4.57. The molecule has 0 aromatic rings. The lowest BCUT2D eigenvalue weighted by molar-refractivity contribution is 0.512. The maximum Gasteiger partial charge on any atom is 0.103 e. The van der Waals surface area contributed by atoms with E-state index in [9.17, 15) is 5.26 Å². The number of rotatable bonds is 2. The number of nitriles is 1. The van der Waals surface area contributed by atoms with Crippen molar-refractivity contribution >= 4 is 11.8 Å². The molecule has 2 aliphatic carbocycles. The predicted molar refractivity (Wildman–Crippen MR) is 61.3 cm³/mol. The van der Waals surface area contributed by atoms with Crippen LogP contribution in [0.5, 0.6) is 0 Å². The molecule has 2 fully saturated rings. The van der Waals surface area contributed by atoms with Crippen LogP contribution in [0.2, 0.25) is 0 Å². The van der Waals surface area contributed by atoms with Crippen LogP contribution in [0, 0.1) is 11.3 Å². The van der Waals surface area contributed by atoms with Crippen LogP contribution in [0.15, 0.2) is 0 Å². The van der Waals surface area contributed by atoms with E-state index in [0.717, 1.165) is 18.1 Å². The minimum Gasteiger partial charge on any atom is -0.197 e. The van der Waals surface area contributed by atoms with Crippen LogP contribution in [-0.2, 0) is 0 Å². The van der Waals surface area contributed by atoms with Gasteiger partial charge in [-0.25, -0.2) is 0 Å². The first kappa shape index (κ1) is 10.4. The second-order valence-corrected chi connectivity index (χ2v) is 6.37. The molecule has 0 unspecified atom stereocenters. The van der Waals surface area contributed by atoms with Gasteiger partial charge in [0.2, 0.25) is 0 Å². The van der Waals surface area contributed by atoms with Gasteiger partial charge in [-0.05, 0) is 25.7 Å². The lowest BCUT2D eigenvalue weighted by Gasteiger charge is -2.28. The molecule has 78 valence electrons. The first-order chi connectivity index (χ1) is 6.85. The molecule has 2 heteroatoms. The molecule has 0 amide bonds. The van der Waals surface area contributed by atoms with E-state index in [1.807, 2.05) is 11.8 Å². The zero-order valence-electron chi connectivity index (χ0n) is 8.80. The van der Waals surface area contributed by atoms with Crippen LogP contribution in [0.25, 0.3) is 0 Å². The van der Waals surface area contributed by atoms with E-state index in [1.165, 1.54) is 44.9 Å². The lowest BCUT2D eigenvalue weighted by atomic mass is 10.0. The van der Waals surface area contributed by atoms with Crippen molar-refractivity contribution in [1.29, 1.82) is 5.26 Å². The molecule has 0 aromatic heterocycles. The molecule has 0 atom stereocenters. The average molecular weight is 209 g/mol. The third-order valence-electron chi connectivity index (χ3n) is 3.56. The maximum atomic E-state index is 9.28. The van der Waals surface area contributed by atoms with Crippen molar-refractivity contribution in [2.24, 2.45) is 0 Å². The van der Waals surface area contributed by atoms with Crippen LogP contribution in [0.1, 0.15) is 57.8 Å². The average Bonchev–Trinajstić information content (AvgIpc) is 2.69. The van der Waals surface area contributed by atoms with Gasteiger partial charge < -0.3 is 0 Å². The largest absolute Gasteiger partial charge is 0.197 e. The summed E-state index contributed by atoms with van der Waals surface area (Å²) >= 11 is 2.01. The zero-order chi connectivity index (χ0) is 9.86. The Labute approximate surface area is 91.3 Å². The highest BCUT2D eigenvalue weighted by atomic mass is 32.2. The van der Waals surface area contributed by atoms with E-state index < -0.39 is 0 Å². The topological polar surface area (TPSA) is 23.8 Å². The van der Waals surface area contributed by atoms with Gasteiger partial charge in [0.05, 0.1) is 6.07 Å². The monoisotopic (exact) mass is 209 g/mol. The van der Waals surface area contributed by atoms with E-state index in [-0.39, 0.29) is 4.75 Å². The van der Waals surface area contributed by atoms with Gasteiger partial charge >= 0.3 is 0 Å². The first-order valence-corrected chi connectivity index (χ1v) is 6.82. The van der Waals surface area contributed by atoms with Gasteiger partial charge in [0.15, 0.2) is 0 Å². The van der Waals surface area contributed by atoms with Crippen LogP contribution in [-0.4, -0.2) is 10.00 Å². The van der Waals surface area contributed by atoms with Crippen molar-refractivity contribution in [3.05, 3.63) is 0 Å². The molecule has 0 N–H and O–H groups in total. The van der Waals surface area contributed by atoms with Gasteiger partial charge in [0.25, 0.3) is 0 Å². The highest BCUT2D eigenvalue weighted by Gasteiger charge is 2.37. The van der Waals surface area contributed by atoms with Crippen LogP contribution in [0.3, 0.4) is 0 Å². The van der Waals surface area contributed by atoms with E-state index in [1.54, 1.807) is 0 Å². The summed E-state index contributed by atoms with van der Waals surface area (Å²) < 4.78 is 0.0159. The van der Waals surface area contributed by atoms with Gasteiger partial charge in [-0.3, -0.25) is 0 Å². The number of nitrogens with zero attached hydrogens (tertiary/aromatic N) is 1. The van der Waals surface area contributed by atoms with Gasteiger partial charge in [-0.2, -0.15) is 5.26 Å². The molecule has 1 nitrogen and oxygen atoms in total. The van der Waals surface area contributed by atoms with Gasteiger partial charge in [0.1, 0.15) is 4.75 Å². The van der Waals surface area contributed by atoms with Gasteiger partial charge in [-0.1, -0.05) is 32.1 Å². The predicted octanol–water partition coefficient (Wildman–Crippen LogP) is 3.89. The maximum absolute atomic E-state index is 9.28. The van der Waals surface area contributed by atoms with Crippen LogP contribution in [0.4, 0.5) is 0 Å². The first-order valence-electron chi connectivity index (χ1n) is 5.94. The highest BCUT2D eigenvalue weighted by molar-refractivity contribution is 8.01. The van der Waals surface area contributed by atoms with E-state index in [2.05, 4.69) is 6.07 Å². The molecule has 0 radical (unpaired) electrons. The van der Waals surface area contributed by atoms with Crippen molar-refractivity contribution in [2.75, 3.05) is 0 Å². The molecule has 0 saturated heterocycles. The summed E-state index contributed by atoms with van der Waals surface area (Å²) in [5, 5.41) is 10.1. The molecule has 0 aromatic carbocycles. The molecule has 2 rings (SSSR count). The number of hydrogen-bond donors (Lipinski definition) is 0. The summed E-state index contributed by atoms with van der Waals surface area (Å²) in [6, 6.07) is 2.59. The summed E-state index contributed by atoms with van der Waals surface area (Å²) in [4.78, 5) is 0. The molecule has 2 saturated carbocycles. The summed E-state index contributed by atoms with van der Waals surface area (Å²) in [7, 11) is 0. The Bertz CT molecular complexity index is 219. The summed E-state index contributed by atoms with van der Waals surface area (Å²) in [6.07, 6.45) is 11.7. The summed E-state index contributed by atoms with van der Waals surface area (Å²) in [6.45, 7) is 0. The Kier molecular flexibility index (Phi) is 3.38. The fourth-order valence-electron chi connectivity index (χ4n) is 2.70. The highest BCUT2D eigenvalue weighted by Crippen LogP contribution is 2.46. The van der Waals surface area contributed by atoms with Crippen molar-refractivity contribution < 1.29 is 0 Å². The Balaban J connectivity index is 1.90. The molecule has 0 bridgehead atoms. The Hall–Kier alpha value is -0.160. The standard InChI is InChI=1S/C12H19NS/c13-10-12(8-4-5-9-12)14-11-6-2-1-3-7-11/h11H,1-9H2. The Morgan fingerprint density at radius 2 is 1.64 bits per heavy atom. The lowest BCUT2D eigenvalue weighted by Crippen LogP contribution is -2.23. The fourth-order valence-corrected chi connectivity index (χ4v) is 4.49. The minimum absolute atomic E-state index is 0.0159. The normalized spacial score (nSPS) is 27.4. The Morgan fingerprint density at radius 1 is 1.00 bits per heavy atom. The van der Waals surface area contributed by atoms with Crippen LogP contribution < -0.4 is 0 Å². The molecule has 14 heavy (non-hydrogen) atoms. The van der Waals surface area contributed by atoms with Crippen molar-refractivity contribution in [3.8, 4) is 6.07 Å². The third-order valence-corrected chi connectivity index (χ3v) is 5.31. The molecule has 0 heterocycles. The van der Waals surface area contributed by atoms with E-state index >= 15 is 0 Å². The molecular formula is C12H19NS. The zero-order valence-corrected chi connectivity index (χ0v) is 9.61. The molecule has 0 aliphatic heterocycles. The van der Waals surface area contributed by atoms with Gasteiger partial charge in [0, 0.05) is 5.25 Å². The quantitative estimate of drug-likeness (QED) is 0.689. The second-order valence-electron chi connectivity index (χ2n) is 4.69. The summed E-state index contributed by atoms with van der Waals surface area (Å²) in [5.74, 6) is 0. The molecular weight excluding hydrogens is 190 g/mol. The van der Waals surface area contributed by atoms with Gasteiger partial charge in [-0.15, -0.1) is 11.8 Å². The number of hydrogen-bond acceptors (Lipinski definition) is 2. The van der Waals surface area contributed by atoms with E-state index in [0.29, 0.717) is 0 Å². The summed E-state index contributed by atoms with van der Waals surface area (Å²) in [5.41, 5.74) is 0. The molecule has 0 spiro atoms. The van der Waals surface area contributed by atoms with Crippen molar-refractivity contribution in [2.45, 2.75) is 67.8 Å². The third kappa shape index (κ3) is 2.25. The van der Waals surface area contributed by atoms with Crippen molar-refractivity contribution in [3.63, 3.8) is 0 Å². The van der Waals surface area contributed by atoms with Crippen molar-refractivity contribution in [1.82, 2.24) is 0 Å². The SMILES string of the molecule is N#CC1(SC2CCCCC2)CCCC1. The smallest absolute Gasteiger partial charge is 0.103 e. The number of thioether (sulfide) groups is 1. The fraction of sp³-hybridized carbons (Fsp3) is 0.917. The van der Waals surface area contributed by atoms with Crippen LogP contribution >= 0.6 is 11.8 Å². The minimum atomic E-state index is 0.0159. The molecule has 2 aliphatic rings.